The molecule has 1 aromatic heterocycles. The van der Waals surface area contributed by atoms with E-state index in [2.05, 4.69) is 61.0 Å². The van der Waals surface area contributed by atoms with E-state index in [0.717, 1.165) is 29.8 Å². The van der Waals surface area contributed by atoms with Gasteiger partial charge in [-0.15, -0.1) is 0 Å². The van der Waals surface area contributed by atoms with Gasteiger partial charge in [0.05, 0.1) is 11.0 Å². The van der Waals surface area contributed by atoms with E-state index >= 15 is 0 Å². The zero-order valence-electron chi connectivity index (χ0n) is 15.1. The van der Waals surface area contributed by atoms with Crippen LogP contribution >= 0.6 is 0 Å². The molecule has 0 bridgehead atoms. The van der Waals surface area contributed by atoms with Gasteiger partial charge in [0, 0.05) is 19.5 Å². The summed E-state index contributed by atoms with van der Waals surface area (Å²) in [5.74, 6) is 0.996. The molecule has 4 heteroatoms. The van der Waals surface area contributed by atoms with Gasteiger partial charge in [-0.05, 0) is 28.7 Å². The molecule has 0 aliphatic rings. The summed E-state index contributed by atoms with van der Waals surface area (Å²) >= 11 is 0. The average Bonchev–Trinajstić information content (AvgIpc) is 2.93. The van der Waals surface area contributed by atoms with Crippen LogP contribution in [0.2, 0.25) is 0 Å². The lowest BCUT2D eigenvalue weighted by Crippen LogP contribution is -2.17. The summed E-state index contributed by atoms with van der Waals surface area (Å²) in [5, 5.41) is 2.72. The van der Waals surface area contributed by atoms with Crippen LogP contribution in [0.25, 0.3) is 11.0 Å². The second-order valence-corrected chi connectivity index (χ2v) is 7.37. The van der Waals surface area contributed by atoms with Crippen molar-refractivity contribution in [2.24, 2.45) is 0 Å². The van der Waals surface area contributed by atoms with Gasteiger partial charge in [0.25, 0.3) is 0 Å². The van der Waals surface area contributed by atoms with E-state index < -0.39 is 0 Å². The van der Waals surface area contributed by atoms with Crippen LogP contribution in [0.4, 0.5) is 0 Å². The highest BCUT2D eigenvalue weighted by atomic mass is 16.1. The molecule has 0 aliphatic carbocycles. The van der Waals surface area contributed by atoms with E-state index in [1.807, 2.05) is 18.2 Å². The number of imidazole rings is 1. The van der Waals surface area contributed by atoms with Crippen LogP contribution in [0.1, 0.15) is 37.7 Å². The number of benzene rings is 2. The molecule has 0 atom stereocenters. The molecule has 1 N–H and O–H groups in total. The van der Waals surface area contributed by atoms with Crippen LogP contribution in [0.5, 0.6) is 0 Å². The lowest BCUT2D eigenvalue weighted by molar-refractivity contribution is -0.109. The highest BCUT2D eigenvalue weighted by molar-refractivity contribution is 5.76. The molecule has 2 aromatic carbocycles. The van der Waals surface area contributed by atoms with Crippen LogP contribution in [-0.4, -0.2) is 22.5 Å². The number of hydrogen-bond acceptors (Lipinski definition) is 2. The first-order chi connectivity index (χ1) is 12.0. The first-order valence-corrected chi connectivity index (χ1v) is 8.69. The number of rotatable bonds is 6. The van der Waals surface area contributed by atoms with Crippen molar-refractivity contribution in [3.63, 3.8) is 0 Å². The maximum Gasteiger partial charge on any atom is 0.207 e. The zero-order chi connectivity index (χ0) is 17.9. The maximum atomic E-state index is 10.5. The molecule has 0 radical (unpaired) electrons. The summed E-state index contributed by atoms with van der Waals surface area (Å²) in [4.78, 5) is 15.3. The minimum atomic E-state index is 0.159. The Bertz CT molecular complexity index is 857. The van der Waals surface area contributed by atoms with Gasteiger partial charge in [-0.2, -0.15) is 0 Å². The fourth-order valence-corrected chi connectivity index (χ4v) is 3.03. The molecule has 0 unspecified atom stereocenters. The lowest BCUT2D eigenvalue weighted by atomic mass is 9.87. The lowest BCUT2D eigenvalue weighted by Gasteiger charge is -2.19. The number of nitrogens with zero attached hydrogens (tertiary/aromatic N) is 2. The molecular formula is C21H25N3O. The Labute approximate surface area is 148 Å². The van der Waals surface area contributed by atoms with Gasteiger partial charge in [-0.1, -0.05) is 57.2 Å². The second kappa shape index (κ2) is 7.09. The van der Waals surface area contributed by atoms with E-state index in [1.165, 1.54) is 11.1 Å². The average molecular weight is 335 g/mol. The van der Waals surface area contributed by atoms with Crippen LogP contribution in [-0.2, 0) is 23.2 Å². The van der Waals surface area contributed by atoms with Crippen LogP contribution in [0, 0.1) is 0 Å². The van der Waals surface area contributed by atoms with Crippen LogP contribution in [0.3, 0.4) is 0 Å². The van der Waals surface area contributed by atoms with Crippen molar-refractivity contribution in [2.75, 3.05) is 6.54 Å². The molecule has 130 valence electrons. The Morgan fingerprint density at radius 2 is 1.80 bits per heavy atom. The van der Waals surface area contributed by atoms with Gasteiger partial charge in [0.2, 0.25) is 6.41 Å². The summed E-state index contributed by atoms with van der Waals surface area (Å²) < 4.78 is 2.24. The van der Waals surface area contributed by atoms with Gasteiger partial charge < -0.3 is 9.88 Å². The van der Waals surface area contributed by atoms with Crippen molar-refractivity contribution in [3.05, 3.63) is 65.5 Å². The van der Waals surface area contributed by atoms with Crippen molar-refractivity contribution in [1.29, 1.82) is 0 Å². The molecule has 3 rings (SSSR count). The molecule has 3 aromatic rings. The smallest absolute Gasteiger partial charge is 0.207 e. The number of amides is 1. The topological polar surface area (TPSA) is 46.9 Å². The van der Waals surface area contributed by atoms with Gasteiger partial charge in [-0.25, -0.2) is 4.98 Å². The molecule has 1 heterocycles. The number of fused-ring (bicyclic) bond motifs is 1. The number of carbonyl (C=O) groups excluding carboxylic acids is 1. The van der Waals surface area contributed by atoms with Gasteiger partial charge in [-0.3, -0.25) is 4.79 Å². The summed E-state index contributed by atoms with van der Waals surface area (Å²) in [6, 6.07) is 17.0. The number of para-hydroxylation sites is 2. The Balaban J connectivity index is 1.91. The van der Waals surface area contributed by atoms with E-state index in [0.29, 0.717) is 13.0 Å². The summed E-state index contributed by atoms with van der Waals surface area (Å²) in [6.07, 6.45) is 1.45. The van der Waals surface area contributed by atoms with Gasteiger partial charge in [0.15, 0.2) is 0 Å². The molecule has 0 spiro atoms. The summed E-state index contributed by atoms with van der Waals surface area (Å²) in [5.41, 5.74) is 4.87. The highest BCUT2D eigenvalue weighted by Gasteiger charge is 2.14. The van der Waals surface area contributed by atoms with Crippen molar-refractivity contribution in [1.82, 2.24) is 14.9 Å². The molecule has 25 heavy (non-hydrogen) atoms. The van der Waals surface area contributed by atoms with Crippen LogP contribution in [0.15, 0.2) is 48.5 Å². The minimum Gasteiger partial charge on any atom is -0.358 e. The molecule has 0 saturated carbocycles. The largest absolute Gasteiger partial charge is 0.358 e. The fourth-order valence-electron chi connectivity index (χ4n) is 3.03. The van der Waals surface area contributed by atoms with Crippen molar-refractivity contribution in [3.8, 4) is 0 Å². The molecule has 0 saturated heterocycles. The molecule has 0 fully saturated rings. The van der Waals surface area contributed by atoms with Gasteiger partial charge in [0.1, 0.15) is 5.82 Å². The molecule has 4 nitrogen and oxygen atoms in total. The highest BCUT2D eigenvalue weighted by Crippen LogP contribution is 2.23. The number of hydrogen-bond donors (Lipinski definition) is 1. The predicted octanol–water partition coefficient (Wildman–Crippen LogP) is 3.67. The number of aromatic nitrogens is 2. The van der Waals surface area contributed by atoms with E-state index in [1.54, 1.807) is 0 Å². The third-order valence-corrected chi connectivity index (χ3v) is 4.47. The SMILES string of the molecule is CC(C)(C)c1ccc(Cn2c(CCNC=O)nc3ccccc32)cc1. The zero-order valence-corrected chi connectivity index (χ0v) is 15.1. The summed E-state index contributed by atoms with van der Waals surface area (Å²) in [7, 11) is 0. The molecule has 0 aliphatic heterocycles. The minimum absolute atomic E-state index is 0.159. The molecular weight excluding hydrogens is 310 g/mol. The number of carbonyl (C=O) groups is 1. The quantitative estimate of drug-likeness (QED) is 0.552. The number of nitrogens with one attached hydrogen (secondary N) is 1. The predicted molar refractivity (Wildman–Crippen MR) is 102 cm³/mol. The maximum absolute atomic E-state index is 10.5. The van der Waals surface area contributed by atoms with E-state index in [4.69, 9.17) is 4.98 Å². The Morgan fingerprint density at radius 3 is 2.48 bits per heavy atom. The monoisotopic (exact) mass is 335 g/mol. The Morgan fingerprint density at radius 1 is 1.08 bits per heavy atom. The Kier molecular flexibility index (Phi) is 4.88. The third-order valence-electron chi connectivity index (χ3n) is 4.47. The van der Waals surface area contributed by atoms with E-state index in [9.17, 15) is 4.79 Å². The standard InChI is InChI=1S/C21H25N3O/c1-21(2,3)17-10-8-16(9-11-17)14-24-19-7-5-4-6-18(19)23-20(24)12-13-22-15-25/h4-11,15H,12-14H2,1-3H3,(H,22,25). The molecule has 1 amide bonds. The van der Waals surface area contributed by atoms with Crippen molar-refractivity contribution < 1.29 is 4.79 Å². The van der Waals surface area contributed by atoms with Crippen LogP contribution < -0.4 is 5.32 Å². The second-order valence-electron chi connectivity index (χ2n) is 7.37. The van der Waals surface area contributed by atoms with Gasteiger partial charge >= 0.3 is 0 Å². The summed E-state index contributed by atoms with van der Waals surface area (Å²) in [6.45, 7) is 8.05. The van der Waals surface area contributed by atoms with E-state index in [-0.39, 0.29) is 5.41 Å². The first kappa shape index (κ1) is 17.2. The first-order valence-electron chi connectivity index (χ1n) is 8.69. The third kappa shape index (κ3) is 3.90. The Hall–Kier alpha value is -2.62. The fraction of sp³-hybridized carbons (Fsp3) is 0.333. The normalized spacial score (nSPS) is 11.6. The van der Waals surface area contributed by atoms with Crippen molar-refractivity contribution >= 4 is 17.4 Å². The van der Waals surface area contributed by atoms with Crippen molar-refractivity contribution in [2.45, 2.75) is 39.2 Å².